The minimum Gasteiger partial charge on any atom is -0.480 e. The molecule has 18 N–H and O–H groups in total. The van der Waals surface area contributed by atoms with Crippen LogP contribution in [0.2, 0.25) is 0 Å². The molecular formula is C18H42N6O12S. The largest absolute Gasteiger partial charge is 0.480 e. The molecule has 0 radical (unpaired) electrons. The van der Waals surface area contributed by atoms with E-state index in [1.807, 2.05) is 13.8 Å². The lowest BCUT2D eigenvalue weighted by atomic mass is 10.1. The van der Waals surface area contributed by atoms with Crippen LogP contribution in [-0.4, -0.2) is 110 Å². The highest BCUT2D eigenvalue weighted by molar-refractivity contribution is 7.80. The summed E-state index contributed by atoms with van der Waals surface area (Å²) < 4.78 is 0. The molecule has 18 nitrogen and oxygen atoms in total. The fourth-order valence-corrected chi connectivity index (χ4v) is 0.843. The summed E-state index contributed by atoms with van der Waals surface area (Å²) in [6.45, 7) is 4.48. The maximum absolute atomic E-state index is 10.1. The minimum atomic E-state index is -1.00. The van der Waals surface area contributed by atoms with Crippen LogP contribution in [-0.2, 0) is 28.8 Å². The molecule has 0 aliphatic carbocycles. The van der Waals surface area contributed by atoms with Gasteiger partial charge in [-0.25, -0.2) is 0 Å². The summed E-state index contributed by atoms with van der Waals surface area (Å²) in [6, 6.07) is -2.24. The third-order valence-corrected chi connectivity index (χ3v) is 2.86. The first-order chi connectivity index (χ1) is 16.7. The van der Waals surface area contributed by atoms with E-state index in [-0.39, 0.29) is 25.4 Å². The standard InChI is InChI=1S/C6H13NO2.C3H7NO2S.C3H7NO2.3C2H5NO2/c1-4(2)3-5(7)6(8)9;4-2(1-7)3(5)6;1-2(4)3(5)6;3*3-1-2(4)5/h4-5H,3,7H2,1-2H3,(H,8,9);2,7H,1,4H2,(H,5,6);2H,4H2,1H3,(H,5,6);3*1,3H2,(H,4,5)/t5-;2*2-;;;/m000.../s1. The topological polar surface area (TPSA) is 380 Å². The van der Waals surface area contributed by atoms with Crippen LogP contribution in [0.3, 0.4) is 0 Å². The lowest BCUT2D eigenvalue weighted by Gasteiger charge is -2.07. The lowest BCUT2D eigenvalue weighted by molar-refractivity contribution is -0.139. The molecule has 0 aromatic carbocycles. The highest BCUT2D eigenvalue weighted by Gasteiger charge is 2.12. The maximum atomic E-state index is 10.1. The normalized spacial score (nSPS) is 11.1. The van der Waals surface area contributed by atoms with Gasteiger partial charge in [0.1, 0.15) is 18.1 Å². The zero-order chi connectivity index (χ0) is 31.3. The smallest absolute Gasteiger partial charge is 0.321 e. The van der Waals surface area contributed by atoms with Gasteiger partial charge in [0.05, 0.1) is 19.6 Å². The highest BCUT2D eigenvalue weighted by Crippen LogP contribution is 2.01. The molecule has 3 atom stereocenters. The van der Waals surface area contributed by atoms with Crippen molar-refractivity contribution in [3.8, 4) is 0 Å². The van der Waals surface area contributed by atoms with Gasteiger partial charge < -0.3 is 65.0 Å². The zero-order valence-electron chi connectivity index (χ0n) is 20.9. The van der Waals surface area contributed by atoms with Crippen LogP contribution in [0.25, 0.3) is 0 Å². The first-order valence-electron chi connectivity index (χ1n) is 9.99. The van der Waals surface area contributed by atoms with E-state index >= 15 is 0 Å². The molecule has 0 saturated heterocycles. The number of rotatable bonds is 9. The van der Waals surface area contributed by atoms with Crippen molar-refractivity contribution < 1.29 is 59.4 Å². The fraction of sp³-hybridized carbons (Fsp3) is 0.667. The van der Waals surface area contributed by atoms with E-state index < -0.39 is 53.9 Å². The second kappa shape index (κ2) is 32.9. The van der Waals surface area contributed by atoms with Crippen molar-refractivity contribution in [3.05, 3.63) is 0 Å². The van der Waals surface area contributed by atoms with Crippen LogP contribution in [0.15, 0.2) is 0 Å². The summed E-state index contributed by atoms with van der Waals surface area (Å²) in [4.78, 5) is 57.2. The first kappa shape index (κ1) is 47.2. The van der Waals surface area contributed by atoms with Gasteiger partial charge >= 0.3 is 35.8 Å². The summed E-state index contributed by atoms with van der Waals surface area (Å²) in [5.74, 6) is -5.24. The number of hydrogen-bond donors (Lipinski definition) is 13. The third kappa shape index (κ3) is 71.9. The van der Waals surface area contributed by atoms with Crippen molar-refractivity contribution in [2.45, 2.75) is 45.3 Å². The number of nitrogens with two attached hydrogens (primary N) is 6. The SMILES string of the molecule is CC(C)C[C@H](N)C(=O)O.C[C@H](N)C(=O)O.NCC(=O)O.NCC(=O)O.NCC(=O)O.N[C@@H](CS)C(=O)O. The summed E-state index contributed by atoms with van der Waals surface area (Å²) >= 11 is 3.65. The van der Waals surface area contributed by atoms with Gasteiger partial charge in [-0.1, -0.05) is 13.8 Å². The van der Waals surface area contributed by atoms with Gasteiger partial charge in [-0.3, -0.25) is 28.8 Å². The minimum absolute atomic E-state index is 0.190. The molecule has 37 heavy (non-hydrogen) atoms. The molecular weight excluding hydrogens is 524 g/mol. The molecule has 0 saturated carbocycles. The van der Waals surface area contributed by atoms with Gasteiger partial charge in [-0.15, -0.1) is 0 Å². The van der Waals surface area contributed by atoms with Crippen molar-refractivity contribution >= 4 is 48.4 Å². The Morgan fingerprint density at radius 1 is 0.595 bits per heavy atom. The molecule has 0 fully saturated rings. The molecule has 0 aromatic heterocycles. The van der Waals surface area contributed by atoms with Gasteiger partial charge in [-0.05, 0) is 19.3 Å². The Kier molecular flexibility index (Phi) is 42.0. The molecule has 0 bridgehead atoms. The van der Waals surface area contributed by atoms with Crippen molar-refractivity contribution in [3.63, 3.8) is 0 Å². The van der Waals surface area contributed by atoms with Gasteiger partial charge in [0.25, 0.3) is 0 Å². The molecule has 19 heteroatoms. The van der Waals surface area contributed by atoms with E-state index in [9.17, 15) is 28.8 Å². The number of carboxylic acid groups (broad SMARTS) is 6. The van der Waals surface area contributed by atoms with Crippen LogP contribution in [0, 0.1) is 5.92 Å². The fourth-order valence-electron chi connectivity index (χ4n) is 0.687. The lowest BCUT2D eigenvalue weighted by Crippen LogP contribution is -2.31. The van der Waals surface area contributed by atoms with Gasteiger partial charge in [0.2, 0.25) is 0 Å². The van der Waals surface area contributed by atoms with E-state index in [0.717, 1.165) is 0 Å². The molecule has 0 aliphatic rings. The van der Waals surface area contributed by atoms with Crippen LogP contribution in [0.1, 0.15) is 27.2 Å². The molecule has 0 heterocycles. The number of hydrogen-bond acceptors (Lipinski definition) is 13. The maximum Gasteiger partial charge on any atom is 0.321 e. The highest BCUT2D eigenvalue weighted by atomic mass is 32.1. The first-order valence-corrected chi connectivity index (χ1v) is 10.6. The van der Waals surface area contributed by atoms with E-state index in [1.54, 1.807) is 0 Å². The Balaban J connectivity index is -0.0000000792. The second-order valence-electron chi connectivity index (χ2n) is 6.62. The van der Waals surface area contributed by atoms with Gasteiger partial charge in [0, 0.05) is 5.75 Å². The Bertz CT molecular complexity index is 605. The van der Waals surface area contributed by atoms with Crippen molar-refractivity contribution in [1.29, 1.82) is 0 Å². The number of carboxylic acids is 6. The van der Waals surface area contributed by atoms with E-state index in [4.69, 9.17) is 47.8 Å². The van der Waals surface area contributed by atoms with Crippen molar-refractivity contribution in [2.24, 2.45) is 40.3 Å². The number of aliphatic carboxylic acids is 6. The molecule has 0 aliphatic heterocycles. The van der Waals surface area contributed by atoms with Gasteiger partial charge in [0.15, 0.2) is 0 Å². The molecule has 0 amide bonds. The molecule has 0 rings (SSSR count). The number of carbonyl (C=O) groups is 6. The van der Waals surface area contributed by atoms with E-state index in [2.05, 4.69) is 29.8 Å². The van der Waals surface area contributed by atoms with Crippen LogP contribution < -0.4 is 34.4 Å². The van der Waals surface area contributed by atoms with Crippen LogP contribution in [0.5, 0.6) is 0 Å². The summed E-state index contributed by atoms with van der Waals surface area (Å²) in [5, 5.41) is 47.0. The van der Waals surface area contributed by atoms with Crippen LogP contribution in [0.4, 0.5) is 0 Å². The van der Waals surface area contributed by atoms with E-state index in [0.29, 0.717) is 12.3 Å². The Morgan fingerprint density at radius 2 is 0.811 bits per heavy atom. The summed E-state index contributed by atoms with van der Waals surface area (Å²) in [7, 11) is 0. The average Bonchev–Trinajstić information content (AvgIpc) is 2.79. The predicted molar refractivity (Wildman–Crippen MR) is 136 cm³/mol. The van der Waals surface area contributed by atoms with Crippen molar-refractivity contribution in [1.82, 2.24) is 0 Å². The number of thiol groups is 1. The predicted octanol–water partition coefficient (Wildman–Crippen LogP) is -3.72. The molecule has 0 spiro atoms. The quantitative estimate of drug-likeness (QED) is 0.119. The Labute approximate surface area is 219 Å². The Hall–Kier alpha value is -3.07. The Morgan fingerprint density at radius 3 is 0.838 bits per heavy atom. The molecule has 222 valence electrons. The third-order valence-electron chi connectivity index (χ3n) is 2.47. The molecule has 0 unspecified atom stereocenters. The van der Waals surface area contributed by atoms with Crippen molar-refractivity contribution in [2.75, 3.05) is 25.4 Å². The second-order valence-corrected chi connectivity index (χ2v) is 6.99. The zero-order valence-corrected chi connectivity index (χ0v) is 21.8. The van der Waals surface area contributed by atoms with Crippen LogP contribution >= 0.6 is 12.6 Å². The average molecular weight is 567 g/mol. The molecule has 0 aromatic rings. The van der Waals surface area contributed by atoms with E-state index in [1.165, 1.54) is 6.92 Å². The summed E-state index contributed by atoms with van der Waals surface area (Å²) in [6.07, 6.45) is 0.551. The van der Waals surface area contributed by atoms with Gasteiger partial charge in [-0.2, -0.15) is 12.6 Å². The summed E-state index contributed by atoms with van der Waals surface area (Å²) in [5.41, 5.74) is 28.7. The monoisotopic (exact) mass is 566 g/mol.